The van der Waals surface area contributed by atoms with Crippen LogP contribution in [0.3, 0.4) is 0 Å². The Balaban J connectivity index is 2.77. The van der Waals surface area contributed by atoms with Crippen molar-refractivity contribution in [3.8, 4) is 0 Å². The topological polar surface area (TPSA) is 110 Å². The maximum Gasteiger partial charge on any atom is 0.115 e. The molecule has 0 saturated heterocycles. The highest BCUT2D eigenvalue weighted by molar-refractivity contribution is 4.99. The second-order valence-electron chi connectivity index (χ2n) is 4.10. The monoisotopic (exact) mass is 222 g/mol. The van der Waals surface area contributed by atoms with Crippen molar-refractivity contribution in [1.29, 1.82) is 0 Å². The molecule has 0 aliphatic heterocycles. The first-order valence-electron chi connectivity index (χ1n) is 4.92. The van der Waals surface area contributed by atoms with Crippen LogP contribution < -0.4 is 0 Å². The molecule has 1 aliphatic carbocycles. The molecule has 0 aromatic heterocycles. The highest BCUT2D eigenvalue weighted by Gasteiger charge is 2.49. The van der Waals surface area contributed by atoms with Gasteiger partial charge in [-0.15, -0.1) is 0 Å². The van der Waals surface area contributed by atoms with Crippen molar-refractivity contribution >= 4 is 0 Å². The summed E-state index contributed by atoms with van der Waals surface area (Å²) in [7, 11) is 0. The SMILES string of the molecule is CC(C)O[C@H]1C(O)C(O)[C@@H](O)C(O)C1O. The lowest BCUT2D eigenvalue weighted by Crippen LogP contribution is -2.64. The molecule has 15 heavy (non-hydrogen) atoms. The quantitative estimate of drug-likeness (QED) is 0.356. The van der Waals surface area contributed by atoms with Crippen molar-refractivity contribution in [3.63, 3.8) is 0 Å². The average Bonchev–Trinajstić information content (AvgIpc) is 2.18. The van der Waals surface area contributed by atoms with Crippen molar-refractivity contribution in [3.05, 3.63) is 0 Å². The van der Waals surface area contributed by atoms with Crippen LogP contribution in [0.2, 0.25) is 0 Å². The maximum atomic E-state index is 9.54. The number of ether oxygens (including phenoxy) is 1. The number of hydrogen-bond donors (Lipinski definition) is 5. The predicted octanol–water partition coefficient (Wildman–Crippen LogP) is -2.40. The van der Waals surface area contributed by atoms with Crippen molar-refractivity contribution in [2.24, 2.45) is 0 Å². The van der Waals surface area contributed by atoms with Gasteiger partial charge in [0, 0.05) is 0 Å². The Labute approximate surface area is 87.7 Å². The van der Waals surface area contributed by atoms with Gasteiger partial charge in [-0.1, -0.05) is 0 Å². The number of aliphatic hydroxyl groups excluding tert-OH is 5. The van der Waals surface area contributed by atoms with E-state index in [2.05, 4.69) is 0 Å². The Morgan fingerprint density at radius 2 is 1.07 bits per heavy atom. The van der Waals surface area contributed by atoms with Gasteiger partial charge in [-0.2, -0.15) is 0 Å². The summed E-state index contributed by atoms with van der Waals surface area (Å²) in [6.45, 7) is 3.40. The lowest BCUT2D eigenvalue weighted by Gasteiger charge is -2.42. The molecule has 5 N–H and O–H groups in total. The minimum Gasteiger partial charge on any atom is -0.387 e. The fraction of sp³-hybridized carbons (Fsp3) is 1.00. The smallest absolute Gasteiger partial charge is 0.115 e. The average molecular weight is 222 g/mol. The normalized spacial score (nSPS) is 47.2. The van der Waals surface area contributed by atoms with Gasteiger partial charge in [-0.25, -0.2) is 0 Å². The predicted molar refractivity (Wildman–Crippen MR) is 50.0 cm³/mol. The molecule has 90 valence electrons. The van der Waals surface area contributed by atoms with Gasteiger partial charge in [0.15, 0.2) is 0 Å². The van der Waals surface area contributed by atoms with Gasteiger partial charge in [0.1, 0.15) is 36.6 Å². The fourth-order valence-electron chi connectivity index (χ4n) is 1.67. The van der Waals surface area contributed by atoms with Crippen molar-refractivity contribution < 1.29 is 30.3 Å². The van der Waals surface area contributed by atoms with Crippen LogP contribution in [0.1, 0.15) is 13.8 Å². The highest BCUT2D eigenvalue weighted by atomic mass is 16.5. The van der Waals surface area contributed by atoms with Gasteiger partial charge in [0.05, 0.1) is 6.10 Å². The van der Waals surface area contributed by atoms with Crippen LogP contribution in [0.5, 0.6) is 0 Å². The summed E-state index contributed by atoms with van der Waals surface area (Å²) in [5.41, 5.74) is 0. The first-order chi connectivity index (χ1) is 6.86. The Hall–Kier alpha value is -0.240. The van der Waals surface area contributed by atoms with E-state index in [1.807, 2.05) is 0 Å². The molecule has 1 saturated carbocycles. The zero-order valence-corrected chi connectivity index (χ0v) is 8.69. The zero-order chi connectivity index (χ0) is 11.7. The van der Waals surface area contributed by atoms with Crippen LogP contribution in [0.4, 0.5) is 0 Å². The van der Waals surface area contributed by atoms with Gasteiger partial charge >= 0.3 is 0 Å². The molecule has 0 radical (unpaired) electrons. The molecule has 0 heterocycles. The largest absolute Gasteiger partial charge is 0.387 e. The molecule has 0 aromatic carbocycles. The minimum absolute atomic E-state index is 0.269. The van der Waals surface area contributed by atoms with Crippen molar-refractivity contribution in [2.45, 2.75) is 56.6 Å². The standard InChI is InChI=1S/C9H18O6/c1-3(2)15-9-7(13)5(11)4(10)6(12)8(9)14/h3-14H,1-2H3/t4-,5?,6?,7?,8?,9+. The summed E-state index contributed by atoms with van der Waals surface area (Å²) in [5, 5.41) is 47.1. The zero-order valence-electron chi connectivity index (χ0n) is 8.69. The van der Waals surface area contributed by atoms with Crippen LogP contribution in [0.25, 0.3) is 0 Å². The molecule has 0 spiro atoms. The van der Waals surface area contributed by atoms with Crippen molar-refractivity contribution in [1.82, 2.24) is 0 Å². The molecule has 6 nitrogen and oxygen atoms in total. The summed E-state index contributed by atoms with van der Waals surface area (Å²) in [5.74, 6) is 0. The maximum absolute atomic E-state index is 9.54. The van der Waals surface area contributed by atoms with Gasteiger partial charge in [0.2, 0.25) is 0 Å². The van der Waals surface area contributed by atoms with E-state index in [0.717, 1.165) is 0 Å². The molecule has 4 atom stereocenters. The second-order valence-corrected chi connectivity index (χ2v) is 4.10. The highest BCUT2D eigenvalue weighted by Crippen LogP contribution is 2.24. The Morgan fingerprint density at radius 3 is 1.40 bits per heavy atom. The Kier molecular flexibility index (Phi) is 4.05. The lowest BCUT2D eigenvalue weighted by atomic mass is 9.85. The van der Waals surface area contributed by atoms with Gasteiger partial charge in [-0.05, 0) is 13.8 Å². The molecule has 6 heteroatoms. The second kappa shape index (κ2) is 4.73. The molecule has 0 bridgehead atoms. The third kappa shape index (κ3) is 2.47. The number of rotatable bonds is 2. The number of aliphatic hydroxyl groups is 5. The van der Waals surface area contributed by atoms with E-state index >= 15 is 0 Å². The Bertz CT molecular complexity index is 193. The van der Waals surface area contributed by atoms with E-state index < -0.39 is 36.6 Å². The van der Waals surface area contributed by atoms with Crippen LogP contribution in [0.15, 0.2) is 0 Å². The summed E-state index contributed by atoms with van der Waals surface area (Å²) < 4.78 is 5.17. The van der Waals surface area contributed by atoms with E-state index in [4.69, 9.17) is 4.74 Å². The molecule has 0 amide bonds. The molecule has 1 fully saturated rings. The molecular formula is C9H18O6. The van der Waals surface area contributed by atoms with E-state index in [9.17, 15) is 25.5 Å². The Morgan fingerprint density at radius 1 is 0.733 bits per heavy atom. The molecule has 1 rings (SSSR count). The third-order valence-corrected chi connectivity index (χ3v) is 2.50. The van der Waals surface area contributed by atoms with Gasteiger partial charge in [0.25, 0.3) is 0 Å². The summed E-state index contributed by atoms with van der Waals surface area (Å²) in [6, 6.07) is 0. The fourth-order valence-corrected chi connectivity index (χ4v) is 1.67. The van der Waals surface area contributed by atoms with Crippen LogP contribution >= 0.6 is 0 Å². The molecule has 4 unspecified atom stereocenters. The minimum atomic E-state index is -1.57. The molecule has 0 aromatic rings. The summed E-state index contributed by atoms with van der Waals surface area (Å²) in [6.07, 6.45) is -8.81. The van der Waals surface area contributed by atoms with E-state index in [-0.39, 0.29) is 6.10 Å². The van der Waals surface area contributed by atoms with Crippen LogP contribution in [0, 0.1) is 0 Å². The lowest BCUT2D eigenvalue weighted by molar-refractivity contribution is -0.242. The molecule has 1 aliphatic rings. The third-order valence-electron chi connectivity index (χ3n) is 2.50. The summed E-state index contributed by atoms with van der Waals surface area (Å²) >= 11 is 0. The van der Waals surface area contributed by atoms with Crippen LogP contribution in [-0.4, -0.2) is 68.3 Å². The number of hydrogen-bond acceptors (Lipinski definition) is 6. The van der Waals surface area contributed by atoms with Gasteiger partial charge < -0.3 is 30.3 Å². The summed E-state index contributed by atoms with van der Waals surface area (Å²) in [4.78, 5) is 0. The first kappa shape index (κ1) is 12.8. The van der Waals surface area contributed by atoms with E-state index in [0.29, 0.717) is 0 Å². The first-order valence-corrected chi connectivity index (χ1v) is 4.92. The van der Waals surface area contributed by atoms with E-state index in [1.165, 1.54) is 0 Å². The van der Waals surface area contributed by atoms with Crippen LogP contribution in [-0.2, 0) is 4.74 Å². The van der Waals surface area contributed by atoms with Crippen molar-refractivity contribution in [2.75, 3.05) is 0 Å². The van der Waals surface area contributed by atoms with Gasteiger partial charge in [-0.3, -0.25) is 0 Å². The van der Waals surface area contributed by atoms with E-state index in [1.54, 1.807) is 13.8 Å². The molecular weight excluding hydrogens is 204 g/mol.